The zero-order valence-corrected chi connectivity index (χ0v) is 15.3. The molecule has 0 aromatic heterocycles. The Morgan fingerprint density at radius 2 is 1.67 bits per heavy atom. The van der Waals surface area contributed by atoms with E-state index in [2.05, 4.69) is 69.4 Å². The molecule has 0 saturated heterocycles. The van der Waals surface area contributed by atoms with Gasteiger partial charge in [0.2, 0.25) is 0 Å². The van der Waals surface area contributed by atoms with Crippen molar-refractivity contribution >= 4 is 5.96 Å². The van der Waals surface area contributed by atoms with Gasteiger partial charge in [0.1, 0.15) is 0 Å². The summed E-state index contributed by atoms with van der Waals surface area (Å²) >= 11 is 0. The second-order valence-corrected chi connectivity index (χ2v) is 7.41. The number of hydrogen-bond acceptors (Lipinski definition) is 3. The summed E-state index contributed by atoms with van der Waals surface area (Å²) in [6.07, 6.45) is 0.112. The smallest absolute Gasteiger partial charge is 0.191 e. The monoisotopic (exact) mass is 300 g/mol. The molecule has 0 rings (SSSR count). The van der Waals surface area contributed by atoms with E-state index in [1.165, 1.54) is 0 Å². The molecule has 0 aromatic rings. The van der Waals surface area contributed by atoms with E-state index in [4.69, 9.17) is 4.74 Å². The molecule has 1 unspecified atom stereocenters. The molecular weight excluding hydrogens is 264 g/mol. The summed E-state index contributed by atoms with van der Waals surface area (Å²) in [5.74, 6) is 0.847. The molecule has 126 valence electrons. The zero-order chi connectivity index (χ0) is 16.5. The normalized spacial score (nSPS) is 15.0. The Morgan fingerprint density at radius 1 is 1.05 bits per heavy atom. The maximum atomic E-state index is 5.54. The third-order valence-electron chi connectivity index (χ3n) is 3.08. The number of methoxy groups -OCH3 is 1. The maximum absolute atomic E-state index is 5.54. The average molecular weight is 300 g/mol. The molecular formula is C16H36N4O. The molecule has 0 radical (unpaired) electrons. The molecule has 1 atom stereocenters. The van der Waals surface area contributed by atoms with Gasteiger partial charge in [-0.2, -0.15) is 0 Å². The Morgan fingerprint density at radius 3 is 2.10 bits per heavy atom. The number of guanidine groups is 1. The lowest BCUT2D eigenvalue weighted by molar-refractivity contribution is 0.0241. The van der Waals surface area contributed by atoms with Gasteiger partial charge in [-0.25, -0.2) is 0 Å². The van der Waals surface area contributed by atoms with Crippen LogP contribution in [0, 0.1) is 5.41 Å². The summed E-state index contributed by atoms with van der Waals surface area (Å²) in [6.45, 7) is 18.3. The highest BCUT2D eigenvalue weighted by atomic mass is 16.5. The van der Waals surface area contributed by atoms with Crippen LogP contribution in [0.1, 0.15) is 48.5 Å². The van der Waals surface area contributed by atoms with Crippen LogP contribution in [0.15, 0.2) is 4.99 Å². The van der Waals surface area contributed by atoms with Crippen molar-refractivity contribution < 1.29 is 4.74 Å². The lowest BCUT2D eigenvalue weighted by atomic mass is 9.89. The highest BCUT2D eigenvalue weighted by Gasteiger charge is 2.24. The SMILES string of the molecule is CCNC(=NCC(OC)C(C)(C)C)NCCNC(C)(C)C. The molecule has 5 heteroatoms. The quantitative estimate of drug-likeness (QED) is 0.382. The van der Waals surface area contributed by atoms with Crippen LogP contribution in [0.4, 0.5) is 0 Å². The second-order valence-electron chi connectivity index (χ2n) is 7.41. The van der Waals surface area contributed by atoms with Gasteiger partial charge in [-0.05, 0) is 33.1 Å². The molecule has 0 fully saturated rings. The van der Waals surface area contributed by atoms with E-state index >= 15 is 0 Å². The summed E-state index contributed by atoms with van der Waals surface area (Å²) in [7, 11) is 1.75. The summed E-state index contributed by atoms with van der Waals surface area (Å²) in [5, 5.41) is 10.1. The van der Waals surface area contributed by atoms with Crippen LogP contribution in [0.2, 0.25) is 0 Å². The van der Waals surface area contributed by atoms with E-state index in [-0.39, 0.29) is 17.1 Å². The van der Waals surface area contributed by atoms with Gasteiger partial charge >= 0.3 is 0 Å². The van der Waals surface area contributed by atoms with Gasteiger partial charge in [-0.3, -0.25) is 4.99 Å². The molecule has 5 nitrogen and oxygen atoms in total. The molecule has 21 heavy (non-hydrogen) atoms. The van der Waals surface area contributed by atoms with Crippen LogP contribution in [0.5, 0.6) is 0 Å². The molecule has 0 aliphatic rings. The summed E-state index contributed by atoms with van der Waals surface area (Å²) in [6, 6.07) is 0. The molecule has 0 saturated carbocycles. The molecule has 0 aliphatic heterocycles. The first kappa shape index (κ1) is 20.2. The van der Waals surface area contributed by atoms with Gasteiger partial charge in [0.15, 0.2) is 5.96 Å². The largest absolute Gasteiger partial charge is 0.379 e. The Kier molecular flexibility index (Phi) is 8.90. The van der Waals surface area contributed by atoms with Gasteiger partial charge in [0.25, 0.3) is 0 Å². The standard InChI is InChI=1S/C16H36N4O/c1-9-17-14(18-10-11-20-16(5,6)7)19-12-13(21-8)15(2,3)4/h13,20H,9-12H2,1-8H3,(H2,17,18,19). The third-order valence-corrected chi connectivity index (χ3v) is 3.08. The molecule has 0 bridgehead atoms. The molecule has 0 amide bonds. The first-order chi connectivity index (χ1) is 9.60. The van der Waals surface area contributed by atoms with Crippen molar-refractivity contribution in [1.82, 2.24) is 16.0 Å². The van der Waals surface area contributed by atoms with Gasteiger partial charge in [0, 0.05) is 32.3 Å². The molecule has 3 N–H and O–H groups in total. The fourth-order valence-corrected chi connectivity index (χ4v) is 1.84. The lowest BCUT2D eigenvalue weighted by Gasteiger charge is -2.28. The highest BCUT2D eigenvalue weighted by molar-refractivity contribution is 5.79. The van der Waals surface area contributed by atoms with E-state index in [1.54, 1.807) is 7.11 Å². The van der Waals surface area contributed by atoms with E-state index in [1.807, 2.05) is 0 Å². The number of nitrogens with one attached hydrogen (secondary N) is 3. The van der Waals surface area contributed by atoms with E-state index in [0.29, 0.717) is 6.54 Å². The highest BCUT2D eigenvalue weighted by Crippen LogP contribution is 2.21. The van der Waals surface area contributed by atoms with Gasteiger partial charge in [-0.1, -0.05) is 20.8 Å². The Balaban J connectivity index is 4.36. The van der Waals surface area contributed by atoms with Crippen LogP contribution in [-0.2, 0) is 4.74 Å². The average Bonchev–Trinajstić information content (AvgIpc) is 2.32. The number of aliphatic imine (C=N–C) groups is 1. The maximum Gasteiger partial charge on any atom is 0.191 e. The number of hydrogen-bond donors (Lipinski definition) is 3. The van der Waals surface area contributed by atoms with Crippen molar-refractivity contribution in [2.75, 3.05) is 33.3 Å². The van der Waals surface area contributed by atoms with Gasteiger partial charge < -0.3 is 20.7 Å². The first-order valence-electron chi connectivity index (χ1n) is 7.90. The van der Waals surface area contributed by atoms with Crippen LogP contribution >= 0.6 is 0 Å². The van der Waals surface area contributed by atoms with Crippen LogP contribution in [0.25, 0.3) is 0 Å². The fourth-order valence-electron chi connectivity index (χ4n) is 1.84. The van der Waals surface area contributed by atoms with Crippen molar-refractivity contribution in [1.29, 1.82) is 0 Å². The van der Waals surface area contributed by atoms with Crippen LogP contribution in [0.3, 0.4) is 0 Å². The van der Waals surface area contributed by atoms with E-state index < -0.39 is 0 Å². The van der Waals surface area contributed by atoms with Crippen molar-refractivity contribution in [2.45, 2.75) is 60.1 Å². The molecule has 0 aliphatic carbocycles. The van der Waals surface area contributed by atoms with Crippen molar-refractivity contribution in [3.8, 4) is 0 Å². The Hall–Kier alpha value is -0.810. The molecule has 0 aromatic carbocycles. The number of nitrogens with zero attached hydrogens (tertiary/aromatic N) is 1. The first-order valence-corrected chi connectivity index (χ1v) is 7.90. The predicted octanol–water partition coefficient (Wildman–Crippen LogP) is 1.99. The van der Waals surface area contributed by atoms with Gasteiger partial charge in [-0.15, -0.1) is 0 Å². The van der Waals surface area contributed by atoms with Crippen LogP contribution < -0.4 is 16.0 Å². The minimum Gasteiger partial charge on any atom is -0.379 e. The van der Waals surface area contributed by atoms with Gasteiger partial charge in [0.05, 0.1) is 12.6 Å². The minimum absolute atomic E-state index is 0.0867. The molecule has 0 spiro atoms. The minimum atomic E-state index is 0.0867. The topological polar surface area (TPSA) is 57.7 Å². The number of ether oxygens (including phenoxy) is 1. The van der Waals surface area contributed by atoms with Crippen molar-refractivity contribution in [2.24, 2.45) is 10.4 Å². The number of rotatable bonds is 7. The van der Waals surface area contributed by atoms with E-state index in [9.17, 15) is 0 Å². The fraction of sp³-hybridized carbons (Fsp3) is 0.938. The zero-order valence-electron chi connectivity index (χ0n) is 15.3. The van der Waals surface area contributed by atoms with Crippen LogP contribution in [-0.4, -0.2) is 50.9 Å². The Labute approximate surface area is 131 Å². The summed E-state index contributed by atoms with van der Waals surface area (Å²) < 4.78 is 5.54. The van der Waals surface area contributed by atoms with Crippen molar-refractivity contribution in [3.05, 3.63) is 0 Å². The second kappa shape index (κ2) is 9.26. The third kappa shape index (κ3) is 10.5. The molecule has 0 heterocycles. The van der Waals surface area contributed by atoms with E-state index in [0.717, 1.165) is 25.6 Å². The summed E-state index contributed by atoms with van der Waals surface area (Å²) in [4.78, 5) is 4.63. The van der Waals surface area contributed by atoms with Crippen molar-refractivity contribution in [3.63, 3.8) is 0 Å². The Bertz CT molecular complexity index is 302. The summed E-state index contributed by atoms with van der Waals surface area (Å²) in [5.41, 5.74) is 0.230. The lowest BCUT2D eigenvalue weighted by Crippen LogP contribution is -2.45. The predicted molar refractivity (Wildman–Crippen MR) is 92.0 cm³/mol.